The zero-order valence-corrected chi connectivity index (χ0v) is 21.8. The maximum Gasteiger partial charge on any atom is 0.323 e. The smallest absolute Gasteiger partial charge is 0.323 e. The average molecular weight is 497 g/mol. The molecule has 0 aliphatic carbocycles. The van der Waals surface area contributed by atoms with Crippen LogP contribution >= 0.6 is 0 Å². The highest BCUT2D eigenvalue weighted by atomic mass is 16.5. The molecule has 2 N–H and O–H groups in total. The van der Waals surface area contributed by atoms with Crippen molar-refractivity contribution in [1.29, 1.82) is 0 Å². The van der Waals surface area contributed by atoms with Gasteiger partial charge in [-0.15, -0.1) is 0 Å². The van der Waals surface area contributed by atoms with Crippen molar-refractivity contribution in [1.82, 2.24) is 15.1 Å². The van der Waals surface area contributed by atoms with Crippen molar-refractivity contribution in [2.24, 2.45) is 10.9 Å². The molecule has 0 radical (unpaired) electrons. The van der Waals surface area contributed by atoms with E-state index >= 15 is 0 Å². The van der Waals surface area contributed by atoms with Gasteiger partial charge in [0.25, 0.3) is 0 Å². The molecule has 3 amide bonds. The summed E-state index contributed by atoms with van der Waals surface area (Å²) in [6.07, 6.45) is 1.52. The van der Waals surface area contributed by atoms with Gasteiger partial charge in [0.2, 0.25) is 12.4 Å². The molecule has 0 aromatic heterocycles. The normalized spacial score (nSPS) is 12.1. The van der Waals surface area contributed by atoms with Gasteiger partial charge in [-0.2, -0.15) is 0 Å². The van der Waals surface area contributed by atoms with E-state index < -0.39 is 17.9 Å². The van der Waals surface area contributed by atoms with Crippen LogP contribution in [0.3, 0.4) is 0 Å². The molecule has 2 aromatic carbocycles. The number of carbonyl (C=O) groups is 3. The number of ether oxygens (including phenoxy) is 1. The molecule has 0 heterocycles. The monoisotopic (exact) mass is 496 g/mol. The van der Waals surface area contributed by atoms with E-state index in [1.54, 1.807) is 18.2 Å². The van der Waals surface area contributed by atoms with Crippen LogP contribution in [0.4, 0.5) is 10.5 Å². The Hall–Kier alpha value is -3.88. The number of aliphatic imine (C=N–C) groups is 1. The zero-order chi connectivity index (χ0) is 26.8. The largest absolute Gasteiger partial charge is 0.491 e. The van der Waals surface area contributed by atoms with Gasteiger partial charge in [0.15, 0.2) is 0 Å². The van der Waals surface area contributed by atoms with Gasteiger partial charge < -0.3 is 14.7 Å². The predicted octanol–water partition coefficient (Wildman–Crippen LogP) is 4.35. The Bertz CT molecular complexity index is 1080. The number of carbonyl (C=O) groups excluding carboxylic acids is 2. The van der Waals surface area contributed by atoms with E-state index in [-0.39, 0.29) is 25.2 Å². The summed E-state index contributed by atoms with van der Waals surface area (Å²) in [5, 5.41) is 11.9. The third kappa shape index (κ3) is 8.41. The van der Waals surface area contributed by atoms with Crippen LogP contribution in [0.15, 0.2) is 47.5 Å². The second kappa shape index (κ2) is 13.3. The molecule has 194 valence electrons. The molecule has 0 aliphatic rings. The van der Waals surface area contributed by atoms with Crippen molar-refractivity contribution in [3.05, 3.63) is 59.2 Å². The summed E-state index contributed by atoms with van der Waals surface area (Å²) in [5.74, 6) is -1.01. The summed E-state index contributed by atoms with van der Waals surface area (Å²) >= 11 is 0. The predicted molar refractivity (Wildman–Crippen MR) is 139 cm³/mol. The maximum absolute atomic E-state index is 12.9. The fourth-order valence-corrected chi connectivity index (χ4v) is 3.38. The van der Waals surface area contributed by atoms with Gasteiger partial charge in [0, 0.05) is 13.6 Å². The Kier molecular flexibility index (Phi) is 10.5. The number of urea groups is 1. The van der Waals surface area contributed by atoms with Crippen molar-refractivity contribution in [2.45, 2.75) is 53.7 Å². The Labute approximate surface area is 212 Å². The Balaban J connectivity index is 2.37. The minimum absolute atomic E-state index is 0.00559. The van der Waals surface area contributed by atoms with Gasteiger partial charge in [-0.1, -0.05) is 38.1 Å². The fourth-order valence-electron chi connectivity index (χ4n) is 3.38. The summed E-state index contributed by atoms with van der Waals surface area (Å²) in [7, 11) is 1.49. The summed E-state index contributed by atoms with van der Waals surface area (Å²) < 4.78 is 5.78. The molecule has 0 saturated carbocycles. The van der Waals surface area contributed by atoms with Crippen molar-refractivity contribution in [3.63, 3.8) is 0 Å². The molecule has 0 saturated heterocycles. The number of amides is 3. The van der Waals surface area contributed by atoms with Gasteiger partial charge in [-0.25, -0.2) is 9.79 Å². The van der Waals surface area contributed by atoms with E-state index in [4.69, 9.17) is 4.74 Å². The first-order valence-corrected chi connectivity index (χ1v) is 11.9. The van der Waals surface area contributed by atoms with Crippen LogP contribution in [0.2, 0.25) is 0 Å². The first-order valence-electron chi connectivity index (χ1n) is 11.9. The van der Waals surface area contributed by atoms with Gasteiger partial charge in [0.05, 0.1) is 24.3 Å². The van der Waals surface area contributed by atoms with E-state index in [0.29, 0.717) is 12.1 Å². The van der Waals surface area contributed by atoms with Crippen LogP contribution in [0.5, 0.6) is 5.75 Å². The van der Waals surface area contributed by atoms with E-state index in [9.17, 15) is 19.5 Å². The van der Waals surface area contributed by atoms with Crippen LogP contribution in [0.25, 0.3) is 0 Å². The van der Waals surface area contributed by atoms with E-state index in [1.165, 1.54) is 29.3 Å². The minimum Gasteiger partial charge on any atom is -0.491 e. The molecule has 0 aliphatic heterocycles. The molecule has 1 atom stereocenters. The Morgan fingerprint density at radius 2 is 1.75 bits per heavy atom. The van der Waals surface area contributed by atoms with Crippen LogP contribution in [0, 0.1) is 12.8 Å². The maximum atomic E-state index is 12.9. The van der Waals surface area contributed by atoms with Crippen molar-refractivity contribution in [2.75, 3.05) is 13.6 Å². The number of aryl methyl sites for hydroxylation is 2. The van der Waals surface area contributed by atoms with Crippen LogP contribution in [0.1, 0.15) is 44.4 Å². The number of carboxylic acid groups (broad SMARTS) is 1. The van der Waals surface area contributed by atoms with Crippen molar-refractivity contribution in [3.8, 4) is 5.75 Å². The number of nitrogens with one attached hydrogen (secondary N) is 1. The molecule has 0 fully saturated rings. The topological polar surface area (TPSA) is 112 Å². The van der Waals surface area contributed by atoms with Gasteiger partial charge in [-0.05, 0) is 62.1 Å². The fraction of sp³-hybridized carbons (Fsp3) is 0.407. The molecule has 0 unspecified atom stereocenters. The van der Waals surface area contributed by atoms with Crippen molar-refractivity contribution < 1.29 is 24.2 Å². The highest BCUT2D eigenvalue weighted by Gasteiger charge is 2.21. The highest BCUT2D eigenvalue weighted by Crippen LogP contribution is 2.25. The lowest BCUT2D eigenvalue weighted by molar-refractivity contribution is -0.141. The first kappa shape index (κ1) is 28.4. The lowest BCUT2D eigenvalue weighted by atomic mass is 10.1. The summed E-state index contributed by atoms with van der Waals surface area (Å²) in [6.45, 7) is 9.54. The Morgan fingerprint density at radius 3 is 2.28 bits per heavy atom. The second-order valence-electron chi connectivity index (χ2n) is 9.01. The number of hydrogen-bond acceptors (Lipinski definition) is 5. The number of aliphatic carboxylic acids is 1. The third-order valence-corrected chi connectivity index (χ3v) is 5.47. The van der Waals surface area contributed by atoms with Crippen LogP contribution < -0.4 is 10.1 Å². The van der Waals surface area contributed by atoms with Crippen LogP contribution in [-0.4, -0.2) is 59.0 Å². The summed E-state index contributed by atoms with van der Waals surface area (Å²) in [6, 6.07) is 12.6. The lowest BCUT2D eigenvalue weighted by Crippen LogP contribution is -2.49. The molecule has 0 bridgehead atoms. The number of nitrogens with zero attached hydrogens (tertiary/aromatic N) is 3. The number of guanidine groups is 1. The van der Waals surface area contributed by atoms with E-state index in [1.807, 2.05) is 45.0 Å². The van der Waals surface area contributed by atoms with Gasteiger partial charge in [0.1, 0.15) is 5.75 Å². The third-order valence-electron chi connectivity index (χ3n) is 5.47. The molecule has 9 heteroatoms. The minimum atomic E-state index is -1.01. The lowest BCUT2D eigenvalue weighted by Gasteiger charge is -2.24. The molecule has 2 aromatic rings. The summed E-state index contributed by atoms with van der Waals surface area (Å²) in [4.78, 5) is 43.3. The second-order valence-corrected chi connectivity index (χ2v) is 9.01. The number of carboxylic acids is 1. The number of rotatable bonds is 10. The quantitative estimate of drug-likeness (QED) is 0.289. The highest BCUT2D eigenvalue weighted by molar-refractivity contribution is 6.01. The number of hydrogen-bond donors (Lipinski definition) is 2. The first-order chi connectivity index (χ1) is 17.0. The van der Waals surface area contributed by atoms with Crippen molar-refractivity contribution >= 4 is 30.1 Å². The molecule has 2 rings (SSSR count). The van der Waals surface area contributed by atoms with E-state index in [0.717, 1.165) is 23.3 Å². The average Bonchev–Trinajstić information content (AvgIpc) is 2.83. The molecule has 0 spiro atoms. The molecular weight excluding hydrogens is 460 g/mol. The van der Waals surface area contributed by atoms with E-state index in [2.05, 4.69) is 17.2 Å². The number of benzene rings is 2. The summed E-state index contributed by atoms with van der Waals surface area (Å²) in [5.41, 5.74) is 3.42. The van der Waals surface area contributed by atoms with Gasteiger partial charge >= 0.3 is 12.0 Å². The molecular formula is C27H36N4O5. The standard InChI is InChI=1S/C27H36N4O5/c1-7-21-8-10-22(11-9-21)16-31(17-32)26(29-27(35)30(6)15-20(5)25(33)34)28-23-12-13-24(19(4)14-23)36-18(2)3/h8-14,17-18,20H,7,15-16H2,1-6H3,(H,33,34)(H,28,29,35)/t20-/m0/s1. The molecule has 9 nitrogen and oxygen atoms in total. The van der Waals surface area contributed by atoms with Crippen LogP contribution in [-0.2, 0) is 22.6 Å². The molecule has 36 heavy (non-hydrogen) atoms. The van der Waals surface area contributed by atoms with Gasteiger partial charge in [-0.3, -0.25) is 19.8 Å². The Morgan fingerprint density at radius 1 is 1.11 bits per heavy atom. The SMILES string of the molecule is CCc1ccc(CN(C=O)C(=Nc2ccc(OC(C)C)c(C)c2)NC(=O)N(C)C[C@H](C)C(=O)O)cc1. The zero-order valence-electron chi connectivity index (χ0n) is 21.8.